The summed E-state index contributed by atoms with van der Waals surface area (Å²) < 4.78 is 7.97. The highest BCUT2D eigenvalue weighted by atomic mass is 16.5. The van der Waals surface area contributed by atoms with Gasteiger partial charge in [-0.3, -0.25) is 10.00 Å². The van der Waals surface area contributed by atoms with E-state index in [1.165, 1.54) is 10.9 Å². The fourth-order valence-corrected chi connectivity index (χ4v) is 5.36. The van der Waals surface area contributed by atoms with Gasteiger partial charge in [0.05, 0.1) is 35.8 Å². The van der Waals surface area contributed by atoms with Crippen LogP contribution in [-0.2, 0) is 17.8 Å². The van der Waals surface area contributed by atoms with Crippen LogP contribution in [0.3, 0.4) is 0 Å². The van der Waals surface area contributed by atoms with Gasteiger partial charge in [-0.1, -0.05) is 17.3 Å². The Morgan fingerprint density at radius 1 is 1.20 bits per heavy atom. The quantitative estimate of drug-likeness (QED) is 0.673. The van der Waals surface area contributed by atoms with Gasteiger partial charge in [-0.15, -0.1) is 5.10 Å². The van der Waals surface area contributed by atoms with Crippen LogP contribution in [-0.4, -0.2) is 75.4 Å². The average molecular weight is 410 g/mol. The number of likely N-dealkylation sites (tertiary alicyclic amines) is 1. The maximum Gasteiger partial charge on any atom is 0.0967 e. The molecule has 1 aliphatic carbocycles. The molecule has 3 aromatic rings. The van der Waals surface area contributed by atoms with E-state index in [9.17, 15) is 0 Å². The summed E-state index contributed by atoms with van der Waals surface area (Å²) in [6.45, 7) is 4.07. The molecule has 4 atom stereocenters. The Morgan fingerprint density at radius 3 is 2.83 bits per heavy atom. The van der Waals surface area contributed by atoms with Crippen molar-refractivity contribution in [3.63, 3.8) is 0 Å². The summed E-state index contributed by atoms with van der Waals surface area (Å²) in [7, 11) is 5.95. The molecule has 8 nitrogen and oxygen atoms in total. The Labute approximate surface area is 177 Å². The predicted octanol–water partition coefficient (Wildman–Crippen LogP) is 2.31. The van der Waals surface area contributed by atoms with Crippen molar-refractivity contribution in [2.24, 2.45) is 11.8 Å². The minimum atomic E-state index is 0.196. The van der Waals surface area contributed by atoms with Crippen molar-refractivity contribution in [1.29, 1.82) is 0 Å². The molecule has 30 heavy (non-hydrogen) atoms. The van der Waals surface area contributed by atoms with Crippen LogP contribution in [0.4, 0.5) is 0 Å². The third kappa shape index (κ3) is 3.87. The third-order valence-electron chi connectivity index (χ3n) is 6.75. The summed E-state index contributed by atoms with van der Waals surface area (Å²) in [5.74, 6) is 1.37. The fraction of sp³-hybridized carbons (Fsp3) is 0.591. The standard InChI is InChI=1S/C22H31N7O/c1-27(2)13-19-14-29(26-24-19)21-7-17-11-28(12-18(17)8-22(21)30-3)10-15-4-5-16-9-23-25-20(16)6-15/h4-6,9,14,17-18,21-22H,7-8,10-13H2,1-3H3,(H,23,25)/t17-,18+,21-,22-/m1/s1. The first-order valence-corrected chi connectivity index (χ1v) is 10.8. The van der Waals surface area contributed by atoms with Gasteiger partial charge in [-0.05, 0) is 50.4 Å². The number of H-pyrrole nitrogens is 1. The van der Waals surface area contributed by atoms with E-state index in [2.05, 4.69) is 73.5 Å². The first-order valence-electron chi connectivity index (χ1n) is 10.8. The zero-order valence-electron chi connectivity index (χ0n) is 18.0. The number of aromatic amines is 1. The lowest BCUT2D eigenvalue weighted by Crippen LogP contribution is -2.37. The van der Waals surface area contributed by atoms with E-state index in [-0.39, 0.29) is 12.1 Å². The lowest BCUT2D eigenvalue weighted by molar-refractivity contribution is -0.00547. The number of nitrogens with one attached hydrogen (secondary N) is 1. The minimum Gasteiger partial charge on any atom is -0.379 e. The number of ether oxygens (including phenoxy) is 1. The van der Waals surface area contributed by atoms with Crippen LogP contribution in [0.1, 0.15) is 30.1 Å². The summed E-state index contributed by atoms with van der Waals surface area (Å²) >= 11 is 0. The molecule has 1 N–H and O–H groups in total. The normalized spacial score (nSPS) is 27.2. The number of methoxy groups -OCH3 is 1. The van der Waals surface area contributed by atoms with Crippen LogP contribution < -0.4 is 0 Å². The maximum atomic E-state index is 5.92. The number of nitrogens with zero attached hydrogens (tertiary/aromatic N) is 6. The Morgan fingerprint density at radius 2 is 2.03 bits per heavy atom. The van der Waals surface area contributed by atoms with Gasteiger partial charge in [-0.25, -0.2) is 4.68 Å². The Balaban J connectivity index is 1.27. The molecule has 2 fully saturated rings. The molecule has 1 aromatic carbocycles. The van der Waals surface area contributed by atoms with E-state index in [1.807, 2.05) is 13.3 Å². The molecule has 0 bridgehead atoms. The molecule has 3 heterocycles. The number of benzene rings is 1. The Hall–Kier alpha value is -2.29. The van der Waals surface area contributed by atoms with Crippen LogP contribution in [0, 0.1) is 11.8 Å². The maximum absolute atomic E-state index is 5.92. The highest BCUT2D eigenvalue weighted by molar-refractivity contribution is 5.78. The van der Waals surface area contributed by atoms with Crippen LogP contribution in [0.5, 0.6) is 0 Å². The van der Waals surface area contributed by atoms with Crippen molar-refractivity contribution in [3.8, 4) is 0 Å². The summed E-state index contributed by atoms with van der Waals surface area (Å²) in [5, 5.41) is 17.2. The SMILES string of the molecule is CO[C@@H]1C[C@H]2CN(Cc3ccc4cn[nH]c4c3)C[C@H]2C[C@H]1n1cc(CN(C)C)nn1. The second kappa shape index (κ2) is 8.09. The lowest BCUT2D eigenvalue weighted by Gasteiger charge is -2.37. The topological polar surface area (TPSA) is 75.1 Å². The zero-order valence-corrected chi connectivity index (χ0v) is 18.0. The first kappa shape index (κ1) is 19.7. The Bertz CT molecular complexity index is 996. The van der Waals surface area contributed by atoms with Crippen LogP contribution in [0.2, 0.25) is 0 Å². The summed E-state index contributed by atoms with van der Waals surface area (Å²) in [4.78, 5) is 4.72. The molecule has 0 spiro atoms. The van der Waals surface area contributed by atoms with Gasteiger partial charge >= 0.3 is 0 Å². The largest absolute Gasteiger partial charge is 0.379 e. The van der Waals surface area contributed by atoms with Gasteiger partial charge in [-0.2, -0.15) is 5.10 Å². The number of aromatic nitrogens is 5. The molecule has 8 heteroatoms. The monoisotopic (exact) mass is 409 g/mol. The number of rotatable bonds is 6. The molecule has 160 valence electrons. The Kier molecular flexibility index (Phi) is 5.30. The van der Waals surface area contributed by atoms with E-state index >= 15 is 0 Å². The molecule has 1 saturated carbocycles. The lowest BCUT2D eigenvalue weighted by atomic mass is 9.77. The molecule has 1 aliphatic heterocycles. The van der Waals surface area contributed by atoms with E-state index in [0.29, 0.717) is 11.8 Å². The smallest absolute Gasteiger partial charge is 0.0967 e. The molecule has 1 saturated heterocycles. The first-order chi connectivity index (χ1) is 14.6. The number of hydrogen-bond donors (Lipinski definition) is 1. The summed E-state index contributed by atoms with van der Waals surface area (Å²) in [5.41, 5.74) is 3.47. The van der Waals surface area contributed by atoms with Gasteiger partial charge in [0.1, 0.15) is 0 Å². The summed E-state index contributed by atoms with van der Waals surface area (Å²) in [6.07, 6.45) is 6.36. The zero-order chi connectivity index (χ0) is 20.7. The van der Waals surface area contributed by atoms with Crippen LogP contribution in [0.25, 0.3) is 10.9 Å². The van der Waals surface area contributed by atoms with Crippen molar-refractivity contribution in [1.82, 2.24) is 35.0 Å². The van der Waals surface area contributed by atoms with E-state index < -0.39 is 0 Å². The fourth-order valence-electron chi connectivity index (χ4n) is 5.36. The average Bonchev–Trinajstić information content (AvgIpc) is 3.44. The van der Waals surface area contributed by atoms with Gasteiger partial charge in [0.15, 0.2) is 0 Å². The van der Waals surface area contributed by atoms with Gasteiger partial charge in [0.25, 0.3) is 0 Å². The van der Waals surface area contributed by atoms with E-state index in [0.717, 1.165) is 50.2 Å². The molecule has 2 aromatic heterocycles. The predicted molar refractivity (Wildman–Crippen MR) is 115 cm³/mol. The van der Waals surface area contributed by atoms with Crippen LogP contribution >= 0.6 is 0 Å². The molecule has 0 radical (unpaired) electrons. The molecule has 5 rings (SSSR count). The number of fused-ring (bicyclic) bond motifs is 2. The van der Waals surface area contributed by atoms with E-state index in [4.69, 9.17) is 4.74 Å². The second-order valence-electron chi connectivity index (χ2n) is 9.25. The molecule has 2 aliphatic rings. The summed E-state index contributed by atoms with van der Waals surface area (Å²) in [6, 6.07) is 6.88. The number of hydrogen-bond acceptors (Lipinski definition) is 6. The molecule has 0 unspecified atom stereocenters. The minimum absolute atomic E-state index is 0.196. The molecular formula is C22H31N7O. The van der Waals surface area contributed by atoms with Crippen LogP contribution in [0.15, 0.2) is 30.6 Å². The van der Waals surface area contributed by atoms with Crippen molar-refractivity contribution in [3.05, 3.63) is 41.9 Å². The van der Waals surface area contributed by atoms with Crippen molar-refractivity contribution in [2.75, 3.05) is 34.3 Å². The van der Waals surface area contributed by atoms with Crippen molar-refractivity contribution >= 4 is 10.9 Å². The van der Waals surface area contributed by atoms with Gasteiger partial charge in [0.2, 0.25) is 0 Å². The van der Waals surface area contributed by atoms with Gasteiger partial charge < -0.3 is 9.64 Å². The highest BCUT2D eigenvalue weighted by Crippen LogP contribution is 2.42. The third-order valence-corrected chi connectivity index (χ3v) is 6.75. The van der Waals surface area contributed by atoms with Gasteiger partial charge in [0, 0.05) is 38.7 Å². The molecular weight excluding hydrogens is 378 g/mol. The van der Waals surface area contributed by atoms with Crippen molar-refractivity contribution in [2.45, 2.75) is 38.1 Å². The molecule has 0 amide bonds. The van der Waals surface area contributed by atoms with Crippen molar-refractivity contribution < 1.29 is 4.74 Å². The highest BCUT2D eigenvalue weighted by Gasteiger charge is 2.43. The van der Waals surface area contributed by atoms with E-state index in [1.54, 1.807) is 0 Å². The second-order valence-corrected chi connectivity index (χ2v) is 9.25.